The number of likely N-dealkylation sites (N-methyl/N-ethyl adjacent to an activating group) is 2. The Labute approximate surface area is 118 Å². The normalized spacial score (nSPS) is 21.5. The lowest BCUT2D eigenvalue weighted by molar-refractivity contribution is 0.188. The van der Waals surface area contributed by atoms with Gasteiger partial charge in [-0.15, -0.1) is 11.3 Å². The first-order valence-corrected chi connectivity index (χ1v) is 8.37. The molecule has 7 heteroatoms. The van der Waals surface area contributed by atoms with Gasteiger partial charge in [-0.1, -0.05) is 0 Å². The Morgan fingerprint density at radius 2 is 2.26 bits per heavy atom. The summed E-state index contributed by atoms with van der Waals surface area (Å²) < 4.78 is 26.7. The van der Waals surface area contributed by atoms with Gasteiger partial charge in [0.1, 0.15) is 15.2 Å². The van der Waals surface area contributed by atoms with Crippen molar-refractivity contribution in [3.05, 3.63) is 17.0 Å². The van der Waals surface area contributed by atoms with Crippen LogP contribution in [0.4, 0.5) is 0 Å². The molecule has 0 N–H and O–H groups in total. The van der Waals surface area contributed by atoms with E-state index in [1.165, 1.54) is 10.4 Å². The van der Waals surface area contributed by atoms with Gasteiger partial charge in [0, 0.05) is 19.6 Å². The van der Waals surface area contributed by atoms with Crippen LogP contribution in [-0.4, -0.2) is 50.8 Å². The van der Waals surface area contributed by atoms with Gasteiger partial charge in [0.05, 0.1) is 0 Å². The highest BCUT2D eigenvalue weighted by molar-refractivity contribution is 7.91. The molecular weight excluding hydrogens is 282 g/mol. The molecule has 1 aliphatic heterocycles. The molecule has 0 bridgehead atoms. The average Bonchev–Trinajstić information content (AvgIpc) is 2.87. The molecule has 5 nitrogen and oxygen atoms in total. The number of piperidine rings is 1. The van der Waals surface area contributed by atoms with Crippen molar-refractivity contribution >= 4 is 21.4 Å². The molecule has 1 aromatic rings. The maximum atomic E-state index is 12.5. The third-order valence-electron chi connectivity index (χ3n) is 3.44. The van der Waals surface area contributed by atoms with E-state index in [-0.39, 0.29) is 10.3 Å². The lowest BCUT2D eigenvalue weighted by atomic mass is 10.1. The average molecular weight is 299 g/mol. The summed E-state index contributed by atoms with van der Waals surface area (Å²) in [4.78, 5) is 2.57. The van der Waals surface area contributed by atoms with Crippen LogP contribution in [0, 0.1) is 11.3 Å². The predicted octanol–water partition coefficient (Wildman–Crippen LogP) is 1.33. The molecule has 1 aromatic heterocycles. The molecule has 1 fully saturated rings. The van der Waals surface area contributed by atoms with Crippen LogP contribution in [0.25, 0.3) is 0 Å². The molecule has 0 radical (unpaired) electrons. The van der Waals surface area contributed by atoms with Gasteiger partial charge in [-0.2, -0.15) is 9.57 Å². The second kappa shape index (κ2) is 5.59. The van der Waals surface area contributed by atoms with E-state index in [4.69, 9.17) is 5.26 Å². The van der Waals surface area contributed by atoms with Crippen molar-refractivity contribution in [2.24, 2.45) is 0 Å². The monoisotopic (exact) mass is 299 g/mol. The van der Waals surface area contributed by atoms with Gasteiger partial charge in [-0.05, 0) is 38.6 Å². The molecule has 104 valence electrons. The Morgan fingerprint density at radius 3 is 2.84 bits per heavy atom. The van der Waals surface area contributed by atoms with Crippen molar-refractivity contribution in [2.45, 2.75) is 23.1 Å². The first-order chi connectivity index (χ1) is 8.95. The van der Waals surface area contributed by atoms with Crippen molar-refractivity contribution in [3.8, 4) is 6.07 Å². The number of nitrogens with zero attached hydrogens (tertiary/aromatic N) is 3. The molecule has 0 amide bonds. The molecule has 0 spiro atoms. The Hall–Kier alpha value is -0.940. The highest BCUT2D eigenvalue weighted by Crippen LogP contribution is 2.26. The Bertz CT molecular complexity index is 588. The van der Waals surface area contributed by atoms with Gasteiger partial charge in [0.25, 0.3) is 10.0 Å². The molecule has 0 aliphatic carbocycles. The molecule has 0 aromatic carbocycles. The van der Waals surface area contributed by atoms with Crippen LogP contribution < -0.4 is 0 Å². The molecule has 19 heavy (non-hydrogen) atoms. The van der Waals surface area contributed by atoms with Gasteiger partial charge < -0.3 is 4.90 Å². The third-order valence-corrected chi connectivity index (χ3v) is 6.81. The van der Waals surface area contributed by atoms with Crippen LogP contribution in [0.15, 0.2) is 16.3 Å². The van der Waals surface area contributed by atoms with Crippen molar-refractivity contribution in [1.82, 2.24) is 9.21 Å². The second-order valence-electron chi connectivity index (χ2n) is 4.81. The first kappa shape index (κ1) is 14.5. The zero-order valence-electron chi connectivity index (χ0n) is 11.0. The van der Waals surface area contributed by atoms with E-state index >= 15 is 0 Å². The van der Waals surface area contributed by atoms with E-state index in [9.17, 15) is 8.42 Å². The van der Waals surface area contributed by atoms with Crippen molar-refractivity contribution in [2.75, 3.05) is 27.2 Å². The lowest BCUT2D eigenvalue weighted by Gasteiger charge is -2.34. The Morgan fingerprint density at radius 1 is 1.53 bits per heavy atom. The molecule has 1 unspecified atom stereocenters. The van der Waals surface area contributed by atoms with Crippen molar-refractivity contribution in [1.29, 1.82) is 5.26 Å². The van der Waals surface area contributed by atoms with E-state index in [0.717, 1.165) is 37.3 Å². The minimum absolute atomic E-state index is 0.0105. The summed E-state index contributed by atoms with van der Waals surface area (Å²) in [7, 11) is 0.158. The molecule has 2 rings (SSSR count). The van der Waals surface area contributed by atoms with Crippen LogP contribution in [0.3, 0.4) is 0 Å². The molecule has 0 saturated carbocycles. The third kappa shape index (κ3) is 2.98. The minimum atomic E-state index is -3.48. The molecule has 1 aliphatic rings. The Kier molecular flexibility index (Phi) is 4.26. The summed E-state index contributed by atoms with van der Waals surface area (Å²) in [5.41, 5.74) is 0. The first-order valence-electron chi connectivity index (χ1n) is 6.11. The number of nitriles is 1. The summed E-state index contributed by atoms with van der Waals surface area (Å²) >= 11 is 1.03. The molecule has 2 heterocycles. The van der Waals surface area contributed by atoms with Gasteiger partial charge in [0.2, 0.25) is 0 Å². The topological polar surface area (TPSA) is 64.4 Å². The number of sulfonamides is 1. The van der Waals surface area contributed by atoms with Crippen LogP contribution in [0.5, 0.6) is 0 Å². The Balaban J connectivity index is 2.21. The maximum Gasteiger partial charge on any atom is 0.252 e. The van der Waals surface area contributed by atoms with Gasteiger partial charge in [-0.3, -0.25) is 0 Å². The fraction of sp³-hybridized carbons (Fsp3) is 0.583. The number of hydrogen-bond donors (Lipinski definition) is 0. The number of likely N-dealkylation sites (tertiary alicyclic amines) is 1. The summed E-state index contributed by atoms with van der Waals surface area (Å²) in [6, 6.07) is 5.05. The van der Waals surface area contributed by atoms with E-state index in [1.54, 1.807) is 13.1 Å². The van der Waals surface area contributed by atoms with Crippen molar-refractivity contribution < 1.29 is 8.42 Å². The van der Waals surface area contributed by atoms with Crippen LogP contribution >= 0.6 is 11.3 Å². The van der Waals surface area contributed by atoms with E-state index in [0.29, 0.717) is 4.88 Å². The predicted molar refractivity (Wildman–Crippen MR) is 74.5 cm³/mol. The zero-order chi connectivity index (χ0) is 14.0. The summed E-state index contributed by atoms with van der Waals surface area (Å²) in [5.74, 6) is 0. The standard InChI is InChI=1S/C12H17N3O2S2/c1-14-7-3-4-10(9-14)15(2)19(16,17)12-6-5-11(8-13)18-12/h5-6,10H,3-4,7,9H2,1-2H3. The highest BCUT2D eigenvalue weighted by atomic mass is 32.2. The summed E-state index contributed by atoms with van der Waals surface area (Å²) in [5, 5.41) is 8.78. The fourth-order valence-corrected chi connectivity index (χ4v) is 4.96. The number of thiophene rings is 1. The van der Waals surface area contributed by atoms with Crippen LogP contribution in [0.2, 0.25) is 0 Å². The van der Waals surface area contributed by atoms with Gasteiger partial charge >= 0.3 is 0 Å². The quantitative estimate of drug-likeness (QED) is 0.845. The lowest BCUT2D eigenvalue weighted by Crippen LogP contribution is -2.47. The second-order valence-corrected chi connectivity index (χ2v) is 8.12. The largest absolute Gasteiger partial charge is 0.305 e. The zero-order valence-corrected chi connectivity index (χ0v) is 12.7. The minimum Gasteiger partial charge on any atom is -0.305 e. The van der Waals surface area contributed by atoms with Crippen LogP contribution in [-0.2, 0) is 10.0 Å². The van der Waals surface area contributed by atoms with E-state index in [2.05, 4.69) is 4.90 Å². The highest BCUT2D eigenvalue weighted by Gasteiger charge is 2.31. The fourth-order valence-electron chi connectivity index (χ4n) is 2.29. The van der Waals surface area contributed by atoms with E-state index < -0.39 is 10.0 Å². The van der Waals surface area contributed by atoms with Gasteiger partial charge in [0.15, 0.2) is 0 Å². The van der Waals surface area contributed by atoms with Crippen LogP contribution in [0.1, 0.15) is 17.7 Å². The molecule has 1 atom stereocenters. The SMILES string of the molecule is CN1CCCC(N(C)S(=O)(=O)c2ccc(C#N)s2)C1. The van der Waals surface area contributed by atoms with Gasteiger partial charge in [-0.25, -0.2) is 8.42 Å². The molecular formula is C12H17N3O2S2. The number of rotatable bonds is 3. The van der Waals surface area contributed by atoms with E-state index in [1.807, 2.05) is 13.1 Å². The summed E-state index contributed by atoms with van der Waals surface area (Å²) in [6.07, 6.45) is 1.89. The smallest absolute Gasteiger partial charge is 0.252 e. The number of hydrogen-bond acceptors (Lipinski definition) is 5. The maximum absolute atomic E-state index is 12.5. The summed E-state index contributed by atoms with van der Waals surface area (Å²) in [6.45, 7) is 1.77. The van der Waals surface area contributed by atoms with Crippen molar-refractivity contribution in [3.63, 3.8) is 0 Å². The molecule has 1 saturated heterocycles.